The van der Waals surface area contributed by atoms with Crippen molar-refractivity contribution in [3.05, 3.63) is 64.7 Å². The summed E-state index contributed by atoms with van der Waals surface area (Å²) in [6, 6.07) is 13.2. The number of hydrogen-bond donors (Lipinski definition) is 0. The summed E-state index contributed by atoms with van der Waals surface area (Å²) in [6.07, 6.45) is 0. The van der Waals surface area contributed by atoms with Gasteiger partial charge >= 0.3 is 0 Å². The first-order chi connectivity index (χ1) is 9.59. The van der Waals surface area contributed by atoms with Crippen molar-refractivity contribution in [2.45, 2.75) is 20.4 Å². The molecule has 3 rings (SSSR count). The van der Waals surface area contributed by atoms with Gasteiger partial charge in [0.1, 0.15) is 0 Å². The number of fused-ring (bicyclic) bond motifs is 1. The molecule has 0 spiro atoms. The molecule has 0 saturated heterocycles. The molecule has 3 heteroatoms. The molecule has 1 amide bonds. The zero-order valence-corrected chi connectivity index (χ0v) is 11.5. The van der Waals surface area contributed by atoms with Crippen LogP contribution in [0.25, 0.3) is 0 Å². The maximum absolute atomic E-state index is 12.2. The number of benzene rings is 2. The molecule has 0 fully saturated rings. The fourth-order valence-corrected chi connectivity index (χ4v) is 2.66. The Labute approximate surface area is 117 Å². The Kier molecular flexibility index (Phi) is 2.90. The summed E-state index contributed by atoms with van der Waals surface area (Å²) in [7, 11) is 0. The van der Waals surface area contributed by atoms with Gasteiger partial charge in [-0.15, -0.1) is 0 Å². The van der Waals surface area contributed by atoms with Crippen molar-refractivity contribution in [1.82, 2.24) is 0 Å². The fourth-order valence-electron chi connectivity index (χ4n) is 2.66. The molecular formula is C17H15NO2. The third kappa shape index (κ3) is 1.83. The number of amides is 1. The van der Waals surface area contributed by atoms with Crippen LogP contribution in [0.15, 0.2) is 42.5 Å². The van der Waals surface area contributed by atoms with E-state index >= 15 is 0 Å². The number of carbonyl (C=O) groups is 2. The van der Waals surface area contributed by atoms with E-state index in [1.807, 2.05) is 44.2 Å². The summed E-state index contributed by atoms with van der Waals surface area (Å²) in [5, 5.41) is 0. The molecule has 3 nitrogen and oxygen atoms in total. The zero-order chi connectivity index (χ0) is 14.3. The summed E-state index contributed by atoms with van der Waals surface area (Å²) in [5.41, 5.74) is 4.59. The summed E-state index contributed by atoms with van der Waals surface area (Å²) < 4.78 is 0. The summed E-state index contributed by atoms with van der Waals surface area (Å²) in [5.74, 6) is -0.847. The second kappa shape index (κ2) is 4.60. The predicted octanol–water partition coefficient (Wildman–Crippen LogP) is 3.03. The monoisotopic (exact) mass is 265 g/mol. The predicted molar refractivity (Wildman–Crippen MR) is 77.9 cm³/mol. The highest BCUT2D eigenvalue weighted by atomic mass is 16.2. The Hall–Kier alpha value is -2.42. The minimum absolute atomic E-state index is 0.410. The molecule has 0 unspecified atom stereocenters. The van der Waals surface area contributed by atoms with Gasteiger partial charge in [-0.2, -0.15) is 0 Å². The van der Waals surface area contributed by atoms with Crippen LogP contribution in [0.4, 0.5) is 5.69 Å². The van der Waals surface area contributed by atoms with Crippen LogP contribution in [0.3, 0.4) is 0 Å². The number of hydrogen-bond acceptors (Lipinski definition) is 2. The van der Waals surface area contributed by atoms with Gasteiger partial charge in [-0.05, 0) is 42.7 Å². The van der Waals surface area contributed by atoms with E-state index in [1.165, 1.54) is 0 Å². The van der Waals surface area contributed by atoms with Gasteiger partial charge in [0.15, 0.2) is 0 Å². The average molecular weight is 265 g/mol. The van der Waals surface area contributed by atoms with E-state index in [9.17, 15) is 9.59 Å². The Morgan fingerprint density at radius 1 is 0.900 bits per heavy atom. The molecule has 2 aromatic rings. The van der Waals surface area contributed by atoms with Crippen LogP contribution in [0, 0.1) is 13.8 Å². The van der Waals surface area contributed by atoms with Crippen LogP contribution < -0.4 is 4.90 Å². The first kappa shape index (κ1) is 12.6. The number of rotatable bonds is 2. The number of nitrogens with zero attached hydrogens (tertiary/aromatic N) is 1. The maximum Gasteiger partial charge on any atom is 0.299 e. The van der Waals surface area contributed by atoms with Crippen LogP contribution in [-0.4, -0.2) is 11.7 Å². The highest BCUT2D eigenvalue weighted by molar-refractivity contribution is 6.52. The van der Waals surface area contributed by atoms with Crippen molar-refractivity contribution in [3.8, 4) is 0 Å². The van der Waals surface area contributed by atoms with Crippen molar-refractivity contribution >= 4 is 17.4 Å². The lowest BCUT2D eigenvalue weighted by Crippen LogP contribution is -2.29. The largest absolute Gasteiger partial charge is 0.300 e. The second-order valence-electron chi connectivity index (χ2n) is 5.11. The number of anilines is 1. The van der Waals surface area contributed by atoms with Crippen LogP contribution in [0.2, 0.25) is 0 Å². The lowest BCUT2D eigenvalue weighted by Gasteiger charge is -2.19. The first-order valence-corrected chi connectivity index (χ1v) is 6.60. The molecule has 1 aliphatic heterocycles. The van der Waals surface area contributed by atoms with Crippen molar-refractivity contribution < 1.29 is 9.59 Å². The van der Waals surface area contributed by atoms with Crippen LogP contribution in [0.1, 0.15) is 27.0 Å². The molecule has 1 heterocycles. The van der Waals surface area contributed by atoms with Crippen molar-refractivity contribution in [3.63, 3.8) is 0 Å². The molecule has 0 radical (unpaired) electrons. The van der Waals surface area contributed by atoms with E-state index in [0.717, 1.165) is 16.7 Å². The molecule has 100 valence electrons. The standard InChI is InChI=1S/C17H15NO2/c1-11-6-5-7-12(2)14(11)10-18-15-9-4-3-8-13(15)16(19)17(18)20/h3-9H,10H2,1-2H3. The summed E-state index contributed by atoms with van der Waals surface area (Å²) >= 11 is 0. The zero-order valence-electron chi connectivity index (χ0n) is 11.5. The van der Waals surface area contributed by atoms with Gasteiger partial charge in [0.05, 0.1) is 17.8 Å². The molecule has 0 aromatic heterocycles. The maximum atomic E-state index is 12.2. The number of Topliss-reactive ketones (excluding diaryl/α,β-unsaturated/α-hetero) is 1. The molecule has 20 heavy (non-hydrogen) atoms. The number of carbonyl (C=O) groups excluding carboxylic acids is 2. The summed E-state index contributed by atoms with van der Waals surface area (Å²) in [6.45, 7) is 4.49. The molecule has 0 N–H and O–H groups in total. The van der Waals surface area contributed by atoms with Gasteiger partial charge in [0, 0.05) is 0 Å². The first-order valence-electron chi connectivity index (χ1n) is 6.60. The highest BCUT2D eigenvalue weighted by Gasteiger charge is 2.35. The van der Waals surface area contributed by atoms with Crippen LogP contribution in [-0.2, 0) is 11.3 Å². The Morgan fingerprint density at radius 2 is 1.55 bits per heavy atom. The molecule has 0 atom stereocenters. The molecule has 2 aromatic carbocycles. The van der Waals surface area contributed by atoms with E-state index in [0.29, 0.717) is 17.8 Å². The van der Waals surface area contributed by atoms with Gasteiger partial charge < -0.3 is 4.90 Å². The Bertz CT molecular complexity index is 698. The Morgan fingerprint density at radius 3 is 2.25 bits per heavy atom. The van der Waals surface area contributed by atoms with Gasteiger partial charge in [-0.1, -0.05) is 30.3 Å². The minimum Gasteiger partial charge on any atom is -0.300 e. The van der Waals surface area contributed by atoms with E-state index in [-0.39, 0.29) is 0 Å². The van der Waals surface area contributed by atoms with Gasteiger partial charge in [0.2, 0.25) is 0 Å². The summed E-state index contributed by atoms with van der Waals surface area (Å²) in [4.78, 5) is 25.7. The van der Waals surface area contributed by atoms with Crippen molar-refractivity contribution in [1.29, 1.82) is 0 Å². The van der Waals surface area contributed by atoms with E-state index in [4.69, 9.17) is 0 Å². The van der Waals surface area contributed by atoms with E-state index < -0.39 is 11.7 Å². The lowest BCUT2D eigenvalue weighted by molar-refractivity contribution is -0.114. The molecule has 0 saturated carbocycles. The van der Waals surface area contributed by atoms with E-state index in [1.54, 1.807) is 17.0 Å². The van der Waals surface area contributed by atoms with Crippen LogP contribution in [0.5, 0.6) is 0 Å². The number of aryl methyl sites for hydroxylation is 2. The molecular weight excluding hydrogens is 250 g/mol. The van der Waals surface area contributed by atoms with Gasteiger partial charge in [-0.3, -0.25) is 9.59 Å². The Balaban J connectivity index is 2.04. The molecule has 1 aliphatic rings. The number of ketones is 1. The van der Waals surface area contributed by atoms with Gasteiger partial charge in [0.25, 0.3) is 11.7 Å². The fraction of sp³-hybridized carbons (Fsp3) is 0.176. The van der Waals surface area contributed by atoms with Crippen molar-refractivity contribution in [2.24, 2.45) is 0 Å². The second-order valence-corrected chi connectivity index (χ2v) is 5.11. The average Bonchev–Trinajstić information content (AvgIpc) is 2.68. The SMILES string of the molecule is Cc1cccc(C)c1CN1C(=O)C(=O)c2ccccc21. The normalized spacial score (nSPS) is 13.8. The lowest BCUT2D eigenvalue weighted by atomic mass is 10.0. The van der Waals surface area contributed by atoms with Gasteiger partial charge in [-0.25, -0.2) is 0 Å². The third-order valence-electron chi connectivity index (χ3n) is 3.84. The minimum atomic E-state index is -0.436. The smallest absolute Gasteiger partial charge is 0.299 e. The van der Waals surface area contributed by atoms with Crippen molar-refractivity contribution in [2.75, 3.05) is 4.90 Å². The third-order valence-corrected chi connectivity index (χ3v) is 3.84. The highest BCUT2D eigenvalue weighted by Crippen LogP contribution is 2.31. The quantitative estimate of drug-likeness (QED) is 0.783. The molecule has 0 aliphatic carbocycles. The van der Waals surface area contributed by atoms with Crippen LogP contribution >= 0.6 is 0 Å². The molecule has 0 bridgehead atoms. The van der Waals surface area contributed by atoms with E-state index in [2.05, 4.69) is 0 Å². The topological polar surface area (TPSA) is 37.4 Å². The number of para-hydroxylation sites is 1.